The Morgan fingerprint density at radius 3 is 0.972 bits per heavy atom. The second-order valence-electron chi connectivity index (χ2n) is 48.6. The predicted octanol–water partition coefficient (Wildman–Crippen LogP) is 21.3. The standard InChI is InChI=1S/C17H36N2O2.C16H34N2O2.C14H29N.C14H28O.C13H26.C11H24N2.C10H21N/c1-16(2,3)15-20-13-11-18-7-9-19(10-8-18)12-14-21-17(4,5)6;1-15(2,3)19-13-11-17-7-9-18(10-8-17)12-14-20-16(4,5)6;1-13(2,3)11-15-9-7-12(8-10-15)14(4,5)6;1-13(2,3)8-7-11-9-12(11)10-15-14(4,5)6;1-12(2,3)8-10-7-11(10)9-13(4,5)6;1-11(2,3)10-13-7-5-6-12(4)8-9-13;1-9-5-6-11(7-9)8-10(2,3)4/h7-15H2,1-6H3;7-14H2,1-6H3;12H,7-11H2,1-6H3;11-12H,7-10H2,1-6H3;10-11H,7-9H2,1-6H3;5-10H2,1-4H3;9H,5-8H2,1-4H3. The number of rotatable bonds is 22. The average Bonchev–Trinajstić information content (AvgIpc) is 1.67. The van der Waals surface area contributed by atoms with E-state index in [1.54, 1.807) is 0 Å². The summed E-state index contributed by atoms with van der Waals surface area (Å²) in [7, 11) is 2.22. The zero-order valence-corrected chi connectivity index (χ0v) is 80.7. The lowest BCUT2D eigenvalue weighted by molar-refractivity contribution is -0.0280. The predicted molar refractivity (Wildman–Crippen MR) is 475 cm³/mol. The normalized spacial score (nSPS) is 23.2. The van der Waals surface area contributed by atoms with Gasteiger partial charge in [0.15, 0.2) is 0 Å². The van der Waals surface area contributed by atoms with E-state index in [1.807, 2.05) is 0 Å². The molecule has 0 aromatic rings. The molecule has 13 nitrogen and oxygen atoms in total. The minimum absolute atomic E-state index is 0.0216. The van der Waals surface area contributed by atoms with Crippen LogP contribution in [0.15, 0.2) is 0 Å². The molecule has 0 aromatic carbocycles. The Hall–Kier alpha value is -0.520. The third-order valence-corrected chi connectivity index (χ3v) is 21.0. The van der Waals surface area contributed by atoms with Gasteiger partial charge in [0.25, 0.3) is 0 Å². The molecule has 2 aliphatic carbocycles. The van der Waals surface area contributed by atoms with Crippen LogP contribution in [-0.2, 0) is 23.7 Å². The summed E-state index contributed by atoms with van der Waals surface area (Å²) in [6.45, 7) is 116. The van der Waals surface area contributed by atoms with Crippen molar-refractivity contribution in [2.45, 2.75) is 343 Å². The molecule has 5 unspecified atom stereocenters. The highest BCUT2D eigenvalue weighted by atomic mass is 16.5. The lowest BCUT2D eigenvalue weighted by Crippen LogP contribution is -2.48. The van der Waals surface area contributed by atoms with E-state index in [1.165, 1.54) is 136 Å². The molecule has 0 aromatic heterocycles. The molecular weight excluding hydrogens is 1330 g/mol. The fraction of sp³-hybridized carbons (Fsp3) is 1.00. The first-order valence-electron chi connectivity index (χ1n) is 44.7. The lowest BCUT2D eigenvalue weighted by atomic mass is 9.75. The summed E-state index contributed by atoms with van der Waals surface area (Å²) in [4.78, 5) is 20.3. The molecule has 7 fully saturated rings. The maximum absolute atomic E-state index is 5.82. The monoisotopic (exact) mass is 1530 g/mol. The Morgan fingerprint density at radius 2 is 0.648 bits per heavy atom. The highest BCUT2D eigenvalue weighted by Crippen LogP contribution is 2.51. The first-order chi connectivity index (χ1) is 48.8. The van der Waals surface area contributed by atoms with Gasteiger partial charge >= 0.3 is 0 Å². The quantitative estimate of drug-likeness (QED) is 0.0967. The highest BCUT2D eigenvalue weighted by molar-refractivity contribution is 4.92. The molecule has 2 saturated carbocycles. The summed E-state index contributed by atoms with van der Waals surface area (Å²) in [5, 5.41) is 0. The van der Waals surface area contributed by atoms with E-state index in [0.29, 0.717) is 37.9 Å². The van der Waals surface area contributed by atoms with Crippen LogP contribution in [0.2, 0.25) is 0 Å². The van der Waals surface area contributed by atoms with Gasteiger partial charge in [-0.05, 0) is 266 Å². The molecule has 648 valence electrons. The Labute approximate surface area is 678 Å². The van der Waals surface area contributed by atoms with Crippen LogP contribution in [0.25, 0.3) is 0 Å². The molecule has 7 aliphatic rings. The van der Waals surface area contributed by atoms with Gasteiger partial charge in [-0.1, -0.05) is 173 Å². The number of likely N-dealkylation sites (N-methyl/N-ethyl adjacent to an activating group) is 1. The van der Waals surface area contributed by atoms with Crippen LogP contribution >= 0.6 is 0 Å². The fourth-order valence-corrected chi connectivity index (χ4v) is 15.1. The summed E-state index contributed by atoms with van der Waals surface area (Å²) >= 11 is 0. The van der Waals surface area contributed by atoms with Crippen molar-refractivity contribution in [1.82, 2.24) is 39.2 Å². The number of hydrogen-bond donors (Lipinski definition) is 0. The first-order valence-corrected chi connectivity index (χ1v) is 44.7. The number of ether oxygens (including phenoxy) is 5. The van der Waals surface area contributed by atoms with Crippen molar-refractivity contribution in [3.8, 4) is 0 Å². The van der Waals surface area contributed by atoms with Crippen LogP contribution in [0.5, 0.6) is 0 Å². The van der Waals surface area contributed by atoms with Gasteiger partial charge in [0.05, 0.1) is 62.0 Å². The zero-order valence-electron chi connectivity index (χ0n) is 80.7. The molecule has 5 heterocycles. The summed E-state index contributed by atoms with van der Waals surface area (Å²) < 4.78 is 28.9. The molecule has 0 N–H and O–H groups in total. The van der Waals surface area contributed by atoms with Gasteiger partial charge in [-0.3, -0.25) is 19.6 Å². The SMILES string of the molecule is CC(C)(C)CC1CC1CC(C)(C)C.CC(C)(C)CCC1CC1COC(C)(C)C.CC(C)(C)CN1CCC(C(C)(C)C)CC1.CC(C)(C)COCCN1CCN(CCOC(C)(C)C)CC1.CC(C)(C)OCCN1CCN(CCOC(C)(C)C)CC1.CC1CCN(CC(C)(C)C)C1.CN1CCCN(CC(C)(C)C)CC1. The first kappa shape index (κ1) is 105. The van der Waals surface area contributed by atoms with Gasteiger partial charge < -0.3 is 43.3 Å². The van der Waals surface area contributed by atoms with Crippen LogP contribution < -0.4 is 0 Å². The van der Waals surface area contributed by atoms with Crippen molar-refractivity contribution in [1.29, 1.82) is 0 Å². The van der Waals surface area contributed by atoms with Gasteiger partial charge in [0.1, 0.15) is 0 Å². The summed E-state index contributed by atoms with van der Waals surface area (Å²) in [5.74, 6) is 5.74. The number of nitrogens with zero attached hydrogens (tertiary/aromatic N) is 8. The molecule has 0 bridgehead atoms. The van der Waals surface area contributed by atoms with E-state index in [9.17, 15) is 0 Å². The maximum Gasteiger partial charge on any atom is 0.0600 e. The molecule has 5 saturated heterocycles. The Balaban J connectivity index is 0.000000636. The Morgan fingerprint density at radius 1 is 0.306 bits per heavy atom. The molecule has 13 heteroatoms. The van der Waals surface area contributed by atoms with E-state index < -0.39 is 0 Å². The summed E-state index contributed by atoms with van der Waals surface area (Å²) in [5.41, 5.74) is 3.70. The second kappa shape index (κ2) is 47.8. The number of piperidine rings is 1. The number of piperazine rings is 2. The molecule has 0 spiro atoms. The third kappa shape index (κ3) is 64.6. The minimum atomic E-state index is -0.0217. The lowest BCUT2D eigenvalue weighted by Gasteiger charge is -2.40. The van der Waals surface area contributed by atoms with Crippen molar-refractivity contribution < 1.29 is 23.7 Å². The Bertz CT molecular complexity index is 2170. The molecule has 0 radical (unpaired) electrons. The molecule has 7 rings (SSSR count). The maximum atomic E-state index is 5.82. The van der Waals surface area contributed by atoms with Crippen LogP contribution in [0.1, 0.15) is 320 Å². The molecule has 5 atom stereocenters. The van der Waals surface area contributed by atoms with Crippen molar-refractivity contribution in [3.63, 3.8) is 0 Å². The topological polar surface area (TPSA) is 72.1 Å². The smallest absolute Gasteiger partial charge is 0.0600 e. The van der Waals surface area contributed by atoms with E-state index in [-0.39, 0.29) is 27.8 Å². The second-order valence-corrected chi connectivity index (χ2v) is 48.6. The molecule has 5 aliphatic heterocycles. The van der Waals surface area contributed by atoms with E-state index in [4.69, 9.17) is 23.7 Å². The van der Waals surface area contributed by atoms with Crippen molar-refractivity contribution in [2.24, 2.45) is 78.8 Å². The average molecular weight is 1530 g/mol. The van der Waals surface area contributed by atoms with Crippen molar-refractivity contribution >= 4 is 0 Å². The molecule has 108 heavy (non-hydrogen) atoms. The third-order valence-electron chi connectivity index (χ3n) is 21.0. The summed E-state index contributed by atoms with van der Waals surface area (Å²) in [6, 6.07) is 0. The highest BCUT2D eigenvalue weighted by Gasteiger charge is 2.41. The Kier molecular flexibility index (Phi) is 46.7. The van der Waals surface area contributed by atoms with Crippen LogP contribution in [0.3, 0.4) is 0 Å². The summed E-state index contributed by atoms with van der Waals surface area (Å²) in [6.07, 6.45) is 14.0. The van der Waals surface area contributed by atoms with Crippen LogP contribution in [-0.4, -0.2) is 259 Å². The van der Waals surface area contributed by atoms with E-state index >= 15 is 0 Å². The molecule has 0 amide bonds. The van der Waals surface area contributed by atoms with Crippen molar-refractivity contribution in [3.05, 3.63) is 0 Å². The van der Waals surface area contributed by atoms with E-state index in [0.717, 1.165) is 154 Å². The van der Waals surface area contributed by atoms with Gasteiger partial charge in [-0.2, -0.15) is 0 Å². The van der Waals surface area contributed by atoms with Gasteiger partial charge in [0, 0.05) is 118 Å². The van der Waals surface area contributed by atoms with Gasteiger partial charge in [0.2, 0.25) is 0 Å². The minimum Gasteiger partial charge on any atom is -0.380 e. The van der Waals surface area contributed by atoms with Crippen LogP contribution in [0.4, 0.5) is 0 Å². The molecular formula is C95H198N8O5. The van der Waals surface area contributed by atoms with Crippen molar-refractivity contribution in [2.75, 3.05) is 197 Å². The van der Waals surface area contributed by atoms with E-state index in [2.05, 4.69) is 302 Å². The zero-order chi connectivity index (χ0) is 83.2. The number of likely N-dealkylation sites (tertiary alicyclic amines) is 2. The fourth-order valence-electron chi connectivity index (χ4n) is 15.1. The van der Waals surface area contributed by atoms with Gasteiger partial charge in [-0.15, -0.1) is 0 Å². The van der Waals surface area contributed by atoms with Gasteiger partial charge in [-0.25, -0.2) is 0 Å². The number of hydrogen-bond acceptors (Lipinski definition) is 13. The largest absolute Gasteiger partial charge is 0.380 e. The van der Waals surface area contributed by atoms with Crippen LogP contribution in [0, 0.1) is 78.8 Å².